The summed E-state index contributed by atoms with van der Waals surface area (Å²) >= 11 is 2.59. The third-order valence-corrected chi connectivity index (χ3v) is 7.88. The van der Waals surface area contributed by atoms with Crippen molar-refractivity contribution in [2.24, 2.45) is 5.41 Å². The lowest BCUT2D eigenvalue weighted by molar-refractivity contribution is -0.156. The second-order valence-corrected chi connectivity index (χ2v) is 9.30. The van der Waals surface area contributed by atoms with Crippen molar-refractivity contribution in [3.05, 3.63) is 48.5 Å². The van der Waals surface area contributed by atoms with Crippen molar-refractivity contribution in [1.82, 2.24) is 30.5 Å². The van der Waals surface area contributed by atoms with Gasteiger partial charge in [-0.05, 0) is 5.56 Å². The average Bonchev–Trinajstić information content (AvgIpc) is 2.81. The second kappa shape index (κ2) is 9.10. The van der Waals surface area contributed by atoms with Crippen LogP contribution in [0.3, 0.4) is 0 Å². The van der Waals surface area contributed by atoms with E-state index in [4.69, 9.17) is 0 Å². The normalized spacial score (nSPS) is 24.6. The number of carboxylic acids is 1. The quantitative estimate of drug-likeness (QED) is 0.405. The highest BCUT2D eigenvalue weighted by molar-refractivity contribution is 8.00. The van der Waals surface area contributed by atoms with E-state index in [1.54, 1.807) is 0 Å². The first-order valence-corrected chi connectivity index (χ1v) is 11.5. The van der Waals surface area contributed by atoms with Gasteiger partial charge in [0.1, 0.15) is 29.5 Å². The van der Waals surface area contributed by atoms with E-state index in [2.05, 4.69) is 25.6 Å². The summed E-state index contributed by atoms with van der Waals surface area (Å²) in [7, 11) is 0. The van der Waals surface area contributed by atoms with E-state index in [9.17, 15) is 19.5 Å². The molecule has 2 aromatic rings. The molecule has 0 spiro atoms. The van der Waals surface area contributed by atoms with E-state index < -0.39 is 23.5 Å². The monoisotopic (exact) mass is 460 g/mol. The van der Waals surface area contributed by atoms with E-state index in [-0.39, 0.29) is 23.6 Å². The van der Waals surface area contributed by atoms with E-state index in [1.807, 2.05) is 30.3 Å². The highest BCUT2D eigenvalue weighted by atomic mass is 32.2. The first-order chi connectivity index (χ1) is 15.0. The van der Waals surface area contributed by atoms with Crippen molar-refractivity contribution in [3.63, 3.8) is 0 Å². The van der Waals surface area contributed by atoms with E-state index in [0.29, 0.717) is 17.5 Å². The lowest BCUT2D eigenvalue weighted by Crippen LogP contribution is -2.74. The van der Waals surface area contributed by atoms with Crippen molar-refractivity contribution >= 4 is 41.4 Å². The molecule has 2 saturated heterocycles. The molecule has 31 heavy (non-hydrogen) atoms. The van der Waals surface area contributed by atoms with Gasteiger partial charge in [-0.2, -0.15) is 0 Å². The number of nitrogens with one attached hydrogen (secondary N) is 2. The van der Waals surface area contributed by atoms with Gasteiger partial charge in [0.25, 0.3) is 0 Å². The first kappa shape index (κ1) is 21.4. The number of hydrogen-bond acceptors (Lipinski definition) is 8. The Kier molecular flexibility index (Phi) is 6.28. The van der Waals surface area contributed by atoms with Gasteiger partial charge in [-0.3, -0.25) is 9.59 Å². The zero-order chi connectivity index (χ0) is 21.8. The van der Waals surface area contributed by atoms with Gasteiger partial charge in [-0.25, -0.2) is 19.7 Å². The maximum Gasteiger partial charge on any atom is 0.315 e. The van der Waals surface area contributed by atoms with Crippen LogP contribution in [-0.2, 0) is 16.1 Å². The average molecular weight is 461 g/mol. The number of β-lactam (4-membered cyclic amide) rings is 1. The van der Waals surface area contributed by atoms with Crippen molar-refractivity contribution in [2.45, 2.75) is 23.1 Å². The fourth-order valence-corrected chi connectivity index (χ4v) is 6.02. The summed E-state index contributed by atoms with van der Waals surface area (Å²) in [4.78, 5) is 50.2. The second-order valence-electron chi connectivity index (χ2n) is 7.25. The van der Waals surface area contributed by atoms with Gasteiger partial charge in [0.2, 0.25) is 5.91 Å². The van der Waals surface area contributed by atoms with E-state index in [0.717, 1.165) is 5.56 Å². The Labute approximate surface area is 186 Å². The zero-order valence-electron chi connectivity index (χ0n) is 16.3. The number of hydrogen-bond donors (Lipinski definition) is 3. The number of carbonyl (C=O) groups is 3. The Morgan fingerprint density at radius 1 is 1.26 bits per heavy atom. The van der Waals surface area contributed by atoms with Crippen LogP contribution in [0.4, 0.5) is 4.79 Å². The predicted molar refractivity (Wildman–Crippen MR) is 114 cm³/mol. The fourth-order valence-electron chi connectivity index (χ4n) is 3.38. The molecular weight excluding hydrogens is 440 g/mol. The van der Waals surface area contributed by atoms with Crippen LogP contribution in [0.2, 0.25) is 0 Å². The summed E-state index contributed by atoms with van der Waals surface area (Å²) in [5.74, 6) is -0.697. The third kappa shape index (κ3) is 4.59. The van der Waals surface area contributed by atoms with Gasteiger partial charge in [0.05, 0.1) is 0 Å². The maximum absolute atomic E-state index is 12.6. The number of carboxylic acid groups (broad SMARTS) is 1. The number of aliphatic carboxylic acids is 1. The summed E-state index contributed by atoms with van der Waals surface area (Å²) < 4.78 is 0. The molecule has 3 heterocycles. The summed E-state index contributed by atoms with van der Waals surface area (Å²) in [5, 5.41) is 15.5. The number of urea groups is 1. The molecule has 162 valence electrons. The molecule has 3 amide bonds. The number of amides is 3. The highest BCUT2D eigenvalue weighted by Gasteiger charge is 2.57. The molecule has 2 unspecified atom stereocenters. The van der Waals surface area contributed by atoms with Gasteiger partial charge in [0, 0.05) is 24.6 Å². The fraction of sp³-hybridized carbons (Fsp3) is 0.368. The molecule has 3 N–H and O–H groups in total. The Balaban J connectivity index is 1.32. The Hall–Kier alpha value is -2.86. The van der Waals surface area contributed by atoms with Crippen LogP contribution in [0.1, 0.15) is 5.56 Å². The maximum atomic E-state index is 12.6. The molecule has 0 saturated carbocycles. The molecule has 1 aromatic heterocycles. The van der Waals surface area contributed by atoms with Crippen LogP contribution in [0.25, 0.3) is 0 Å². The van der Waals surface area contributed by atoms with Gasteiger partial charge in [0.15, 0.2) is 5.16 Å². The van der Waals surface area contributed by atoms with Crippen molar-refractivity contribution in [1.29, 1.82) is 0 Å². The number of aromatic nitrogens is 3. The van der Waals surface area contributed by atoms with Gasteiger partial charge < -0.3 is 20.6 Å². The number of thioether (sulfide) groups is 2. The SMILES string of the molecule is O=C(NCc1ccccc1)NC1C(=O)N2CC(CSc3ncncn3)(C(=O)O)CS[C@H]12. The van der Waals surface area contributed by atoms with E-state index >= 15 is 0 Å². The Bertz CT molecular complexity index is 966. The standard InChI is InChI=1S/C19H20N6O4S2/c26-14-13(24-17(29)21-6-12-4-2-1-3-5-12)15-25(14)7-19(8-30-15,16(27)28)9-31-18-22-10-20-11-23-18/h1-5,10-11,13,15H,6-9H2,(H,27,28)(H2,21,24,29)/t13?,15-,19?/m1/s1. The topological polar surface area (TPSA) is 137 Å². The third-order valence-electron chi connectivity index (χ3n) is 5.13. The Morgan fingerprint density at radius 3 is 2.71 bits per heavy atom. The molecule has 0 bridgehead atoms. The molecule has 12 heteroatoms. The summed E-state index contributed by atoms with van der Waals surface area (Å²) in [6, 6.07) is 8.36. The lowest BCUT2D eigenvalue weighted by Gasteiger charge is -2.53. The smallest absolute Gasteiger partial charge is 0.315 e. The largest absolute Gasteiger partial charge is 0.481 e. The number of nitrogens with zero attached hydrogens (tertiary/aromatic N) is 4. The van der Waals surface area contributed by atoms with Crippen molar-refractivity contribution in [3.8, 4) is 0 Å². The molecule has 2 aliphatic heterocycles. The van der Waals surface area contributed by atoms with Crippen molar-refractivity contribution < 1.29 is 19.5 Å². The number of fused-ring (bicyclic) bond motifs is 1. The first-order valence-electron chi connectivity index (χ1n) is 9.47. The Morgan fingerprint density at radius 2 is 2.00 bits per heavy atom. The summed E-state index contributed by atoms with van der Waals surface area (Å²) in [5.41, 5.74) is -0.164. The summed E-state index contributed by atoms with van der Waals surface area (Å²) in [6.07, 6.45) is 2.71. The molecular formula is C19H20N6O4S2. The van der Waals surface area contributed by atoms with Crippen LogP contribution in [0.5, 0.6) is 0 Å². The van der Waals surface area contributed by atoms with E-state index in [1.165, 1.54) is 41.1 Å². The van der Waals surface area contributed by atoms with Crippen LogP contribution in [-0.4, -0.2) is 72.3 Å². The molecule has 2 aliphatic rings. The summed E-state index contributed by atoms with van der Waals surface area (Å²) in [6.45, 7) is 0.437. The lowest BCUT2D eigenvalue weighted by atomic mass is 9.89. The molecule has 1 aromatic carbocycles. The predicted octanol–water partition coefficient (Wildman–Crippen LogP) is 0.818. The zero-order valence-corrected chi connectivity index (χ0v) is 17.9. The van der Waals surface area contributed by atoms with Crippen LogP contribution in [0, 0.1) is 5.41 Å². The van der Waals surface area contributed by atoms with Crippen LogP contribution in [0.15, 0.2) is 48.1 Å². The van der Waals surface area contributed by atoms with Crippen LogP contribution >= 0.6 is 23.5 Å². The highest BCUT2D eigenvalue weighted by Crippen LogP contribution is 2.44. The minimum atomic E-state index is -1.12. The number of rotatable bonds is 7. The van der Waals surface area contributed by atoms with Gasteiger partial charge in [-0.1, -0.05) is 42.1 Å². The van der Waals surface area contributed by atoms with Gasteiger partial charge >= 0.3 is 12.0 Å². The minimum absolute atomic E-state index is 0.0841. The van der Waals surface area contributed by atoms with Crippen molar-refractivity contribution in [2.75, 3.05) is 18.1 Å². The minimum Gasteiger partial charge on any atom is -0.481 e. The molecule has 4 rings (SSSR count). The number of benzene rings is 1. The molecule has 3 atom stereocenters. The molecule has 0 radical (unpaired) electrons. The van der Waals surface area contributed by atoms with Crippen LogP contribution < -0.4 is 10.6 Å². The van der Waals surface area contributed by atoms with Gasteiger partial charge in [-0.15, -0.1) is 11.8 Å². The molecule has 10 nitrogen and oxygen atoms in total. The number of carbonyl (C=O) groups excluding carboxylic acids is 2. The molecule has 2 fully saturated rings. The molecule has 0 aliphatic carbocycles.